The number of amides is 1. The van der Waals surface area contributed by atoms with Gasteiger partial charge < -0.3 is 10.3 Å². The summed E-state index contributed by atoms with van der Waals surface area (Å²) in [6.45, 7) is 6.29. The molecule has 1 aliphatic carbocycles. The summed E-state index contributed by atoms with van der Waals surface area (Å²) >= 11 is 0. The number of nitrogens with one attached hydrogen (secondary N) is 2. The van der Waals surface area contributed by atoms with Crippen LogP contribution < -0.4 is 5.32 Å². The molecule has 1 aromatic heterocycles. The molecule has 0 fully saturated rings. The fourth-order valence-corrected chi connectivity index (χ4v) is 3.04. The minimum Gasteiger partial charge on any atom is -0.346 e. The van der Waals surface area contributed by atoms with Gasteiger partial charge in [-0.25, -0.2) is 4.98 Å². The summed E-state index contributed by atoms with van der Waals surface area (Å²) in [6.07, 6.45) is 2.50. The van der Waals surface area contributed by atoms with Crippen molar-refractivity contribution in [2.45, 2.75) is 46.0 Å². The van der Waals surface area contributed by atoms with Crippen molar-refractivity contribution >= 4 is 11.6 Å². The zero-order valence-electron chi connectivity index (χ0n) is 13.4. The van der Waals surface area contributed by atoms with E-state index in [1.165, 1.54) is 5.56 Å². The van der Waals surface area contributed by atoms with Crippen molar-refractivity contribution in [1.29, 1.82) is 0 Å². The number of carbonyl (C=O) groups excluding carboxylic acids is 1. The molecule has 0 saturated heterocycles. The number of anilines is 1. The average Bonchev–Trinajstić information content (AvgIpc) is 2.86. The molecule has 0 saturated carbocycles. The molecule has 3 rings (SSSR count). The summed E-state index contributed by atoms with van der Waals surface area (Å²) in [4.78, 5) is 20.2. The molecule has 116 valence electrons. The summed E-state index contributed by atoms with van der Waals surface area (Å²) in [5.41, 5.74) is 4.41. The third kappa shape index (κ3) is 3.06. The van der Waals surface area contributed by atoms with Gasteiger partial charge in [-0.1, -0.05) is 26.0 Å². The molecule has 1 aliphatic rings. The lowest BCUT2D eigenvalue weighted by Crippen LogP contribution is -2.28. The molecule has 0 aliphatic heterocycles. The van der Waals surface area contributed by atoms with Crippen LogP contribution in [0.25, 0.3) is 0 Å². The Labute approximate surface area is 131 Å². The van der Waals surface area contributed by atoms with Crippen molar-refractivity contribution in [2.75, 3.05) is 5.32 Å². The monoisotopic (exact) mass is 297 g/mol. The van der Waals surface area contributed by atoms with E-state index >= 15 is 0 Å². The Morgan fingerprint density at radius 1 is 1.32 bits per heavy atom. The van der Waals surface area contributed by atoms with Gasteiger partial charge in [0.05, 0.1) is 5.69 Å². The van der Waals surface area contributed by atoms with Crippen molar-refractivity contribution in [3.05, 3.63) is 47.0 Å². The lowest BCUT2D eigenvalue weighted by atomic mass is 9.89. The Bertz CT molecular complexity index is 670. The van der Waals surface area contributed by atoms with Gasteiger partial charge in [0.2, 0.25) is 5.91 Å². The number of nitrogens with zero attached hydrogens (tertiary/aromatic N) is 1. The summed E-state index contributed by atoms with van der Waals surface area (Å²) in [5.74, 6) is 1.58. The van der Waals surface area contributed by atoms with E-state index in [0.29, 0.717) is 5.92 Å². The van der Waals surface area contributed by atoms with E-state index in [2.05, 4.69) is 41.3 Å². The van der Waals surface area contributed by atoms with Crippen LogP contribution in [0.4, 0.5) is 5.69 Å². The number of benzene rings is 1. The van der Waals surface area contributed by atoms with E-state index in [0.717, 1.165) is 42.2 Å². The largest absolute Gasteiger partial charge is 0.346 e. The van der Waals surface area contributed by atoms with Gasteiger partial charge in [-0.05, 0) is 43.4 Å². The minimum atomic E-state index is 0.0251. The molecule has 0 radical (unpaired) electrons. The number of hydrogen-bond donors (Lipinski definition) is 2. The normalized spacial score (nSPS) is 17.4. The van der Waals surface area contributed by atoms with E-state index in [1.807, 2.05) is 19.1 Å². The van der Waals surface area contributed by atoms with Gasteiger partial charge in [-0.15, -0.1) is 0 Å². The lowest BCUT2D eigenvalue weighted by Gasteiger charge is -2.20. The summed E-state index contributed by atoms with van der Waals surface area (Å²) in [7, 11) is 0. The number of hydrogen-bond acceptors (Lipinski definition) is 2. The van der Waals surface area contributed by atoms with Gasteiger partial charge >= 0.3 is 0 Å². The van der Waals surface area contributed by atoms with Crippen LogP contribution in [0, 0.1) is 12.8 Å². The minimum absolute atomic E-state index is 0.0251. The fourth-order valence-electron chi connectivity index (χ4n) is 3.04. The number of imidazole rings is 1. The number of carbonyl (C=O) groups is 1. The number of aromatic nitrogens is 2. The van der Waals surface area contributed by atoms with Gasteiger partial charge in [-0.2, -0.15) is 0 Å². The first-order valence-corrected chi connectivity index (χ1v) is 7.98. The van der Waals surface area contributed by atoms with Crippen molar-refractivity contribution in [3.63, 3.8) is 0 Å². The second kappa shape index (κ2) is 5.95. The molecule has 4 heteroatoms. The van der Waals surface area contributed by atoms with Crippen molar-refractivity contribution in [1.82, 2.24) is 9.97 Å². The van der Waals surface area contributed by atoms with Crippen LogP contribution in [0.3, 0.4) is 0 Å². The Morgan fingerprint density at radius 3 is 2.73 bits per heavy atom. The predicted octanol–water partition coefficient (Wildman–Crippen LogP) is 3.59. The highest BCUT2D eigenvalue weighted by atomic mass is 16.1. The highest BCUT2D eigenvalue weighted by molar-refractivity contribution is 5.92. The maximum absolute atomic E-state index is 12.5. The maximum atomic E-state index is 12.5. The van der Waals surface area contributed by atoms with Gasteiger partial charge in [0.25, 0.3) is 0 Å². The van der Waals surface area contributed by atoms with Crippen LogP contribution >= 0.6 is 0 Å². The van der Waals surface area contributed by atoms with E-state index in [-0.39, 0.29) is 11.8 Å². The van der Waals surface area contributed by atoms with Gasteiger partial charge in [0, 0.05) is 23.7 Å². The SMILES string of the molecule is Cc1nc2c([nH]1)CC(C(=O)Nc1ccc(C(C)C)cc1)CC2. The van der Waals surface area contributed by atoms with Crippen molar-refractivity contribution < 1.29 is 4.79 Å². The van der Waals surface area contributed by atoms with Crippen LogP contribution in [0.15, 0.2) is 24.3 Å². The molecule has 2 aromatic rings. The first-order valence-electron chi connectivity index (χ1n) is 7.98. The first kappa shape index (κ1) is 14.8. The zero-order chi connectivity index (χ0) is 15.7. The highest BCUT2D eigenvalue weighted by Gasteiger charge is 2.26. The van der Waals surface area contributed by atoms with E-state index in [4.69, 9.17) is 0 Å². The Balaban J connectivity index is 1.65. The van der Waals surface area contributed by atoms with Gasteiger partial charge in [0.1, 0.15) is 5.82 Å². The lowest BCUT2D eigenvalue weighted by molar-refractivity contribution is -0.120. The standard InChI is InChI=1S/C18H23N3O/c1-11(2)13-4-7-15(8-5-13)21-18(22)14-6-9-16-17(10-14)20-12(3)19-16/h4-5,7-8,11,14H,6,9-10H2,1-3H3,(H,19,20)(H,21,22). The molecule has 0 bridgehead atoms. The molecule has 1 atom stereocenters. The smallest absolute Gasteiger partial charge is 0.227 e. The topological polar surface area (TPSA) is 57.8 Å². The second-order valence-electron chi connectivity index (χ2n) is 6.45. The number of rotatable bonds is 3. The first-order chi connectivity index (χ1) is 10.5. The molecule has 1 heterocycles. The number of aryl methyl sites for hydroxylation is 2. The number of H-pyrrole nitrogens is 1. The Kier molecular flexibility index (Phi) is 4.01. The molecule has 2 N–H and O–H groups in total. The van der Waals surface area contributed by atoms with E-state index in [9.17, 15) is 4.79 Å². The van der Waals surface area contributed by atoms with E-state index < -0.39 is 0 Å². The molecule has 1 aromatic carbocycles. The van der Waals surface area contributed by atoms with Crippen LogP contribution in [-0.4, -0.2) is 15.9 Å². The third-order valence-electron chi connectivity index (χ3n) is 4.38. The van der Waals surface area contributed by atoms with Crippen LogP contribution in [0.1, 0.15) is 49.0 Å². The zero-order valence-corrected chi connectivity index (χ0v) is 13.4. The predicted molar refractivity (Wildman–Crippen MR) is 88.0 cm³/mol. The third-order valence-corrected chi connectivity index (χ3v) is 4.38. The van der Waals surface area contributed by atoms with Gasteiger partial charge in [-0.3, -0.25) is 4.79 Å². The molecule has 0 spiro atoms. The molecule has 1 unspecified atom stereocenters. The molecule has 1 amide bonds. The number of fused-ring (bicyclic) bond motifs is 1. The molecular weight excluding hydrogens is 274 g/mol. The highest BCUT2D eigenvalue weighted by Crippen LogP contribution is 2.25. The fraction of sp³-hybridized carbons (Fsp3) is 0.444. The quantitative estimate of drug-likeness (QED) is 0.909. The van der Waals surface area contributed by atoms with Crippen LogP contribution in [-0.2, 0) is 17.6 Å². The van der Waals surface area contributed by atoms with E-state index in [1.54, 1.807) is 0 Å². The van der Waals surface area contributed by atoms with Gasteiger partial charge in [0.15, 0.2) is 0 Å². The summed E-state index contributed by atoms with van der Waals surface area (Å²) in [6, 6.07) is 8.14. The number of aromatic amines is 1. The van der Waals surface area contributed by atoms with Crippen LogP contribution in [0.5, 0.6) is 0 Å². The molecule has 22 heavy (non-hydrogen) atoms. The van der Waals surface area contributed by atoms with Crippen molar-refractivity contribution in [2.24, 2.45) is 5.92 Å². The molecule has 4 nitrogen and oxygen atoms in total. The van der Waals surface area contributed by atoms with Crippen molar-refractivity contribution in [3.8, 4) is 0 Å². The second-order valence-corrected chi connectivity index (χ2v) is 6.45. The average molecular weight is 297 g/mol. The van der Waals surface area contributed by atoms with Crippen LogP contribution in [0.2, 0.25) is 0 Å². The summed E-state index contributed by atoms with van der Waals surface area (Å²) in [5, 5.41) is 3.04. The Morgan fingerprint density at radius 2 is 2.05 bits per heavy atom. The molecular formula is C18H23N3O. The summed E-state index contributed by atoms with van der Waals surface area (Å²) < 4.78 is 0. The maximum Gasteiger partial charge on any atom is 0.227 e. The Hall–Kier alpha value is -2.10.